The lowest BCUT2D eigenvalue weighted by Crippen LogP contribution is -2.29. The van der Waals surface area contributed by atoms with Gasteiger partial charge in [0.1, 0.15) is 5.75 Å². The predicted molar refractivity (Wildman–Crippen MR) is 92.1 cm³/mol. The monoisotopic (exact) mass is 310 g/mol. The Morgan fingerprint density at radius 3 is 2.33 bits per heavy atom. The minimum absolute atomic E-state index is 0.180. The van der Waals surface area contributed by atoms with Crippen molar-refractivity contribution in [3.63, 3.8) is 0 Å². The molecule has 0 unspecified atom stereocenters. The first-order valence-electron chi connectivity index (χ1n) is 7.40. The molecule has 1 aromatic rings. The van der Waals surface area contributed by atoms with Crippen molar-refractivity contribution in [3.8, 4) is 5.75 Å². The van der Waals surface area contributed by atoms with Crippen molar-refractivity contribution < 1.29 is 9.47 Å². The topological polar surface area (TPSA) is 42.5 Å². The van der Waals surface area contributed by atoms with Gasteiger partial charge in [-0.3, -0.25) is 0 Å². The Morgan fingerprint density at radius 2 is 1.76 bits per heavy atom. The number of thiocarbonyl (C=S) groups is 1. The zero-order valence-electron chi connectivity index (χ0n) is 13.3. The standard InChI is InChI=1S/C16H26N2O2S/c1-12(2)19-11-5-10-17-16(21)18-14-6-8-15(9-7-14)20-13(3)4/h6-9,12-13H,5,10-11H2,1-4H3,(H2,17,18,21). The van der Waals surface area contributed by atoms with Crippen LogP contribution in [0.1, 0.15) is 34.1 Å². The molecule has 1 rings (SSSR count). The molecule has 0 aromatic heterocycles. The molecule has 0 aliphatic carbocycles. The third kappa shape index (κ3) is 8.52. The number of hydrogen-bond acceptors (Lipinski definition) is 3. The van der Waals surface area contributed by atoms with Crippen LogP contribution in [0.4, 0.5) is 5.69 Å². The maximum absolute atomic E-state index is 5.60. The normalized spacial score (nSPS) is 10.8. The lowest BCUT2D eigenvalue weighted by molar-refractivity contribution is 0.0777. The second-order valence-corrected chi connectivity index (χ2v) is 5.75. The first kappa shape index (κ1) is 17.7. The Balaban J connectivity index is 2.25. The van der Waals surface area contributed by atoms with Gasteiger partial charge >= 0.3 is 0 Å². The van der Waals surface area contributed by atoms with E-state index in [1.807, 2.05) is 52.0 Å². The van der Waals surface area contributed by atoms with Crippen LogP contribution in [0.5, 0.6) is 5.75 Å². The van der Waals surface area contributed by atoms with Gasteiger partial charge in [-0.25, -0.2) is 0 Å². The van der Waals surface area contributed by atoms with E-state index in [1.54, 1.807) is 0 Å². The van der Waals surface area contributed by atoms with Gasteiger partial charge in [0.15, 0.2) is 5.11 Å². The fraction of sp³-hybridized carbons (Fsp3) is 0.562. The van der Waals surface area contributed by atoms with Gasteiger partial charge in [-0.2, -0.15) is 0 Å². The van der Waals surface area contributed by atoms with E-state index in [0.717, 1.165) is 31.0 Å². The molecule has 4 nitrogen and oxygen atoms in total. The molecule has 0 spiro atoms. The summed E-state index contributed by atoms with van der Waals surface area (Å²) in [6.07, 6.45) is 1.39. The number of anilines is 1. The van der Waals surface area contributed by atoms with Gasteiger partial charge < -0.3 is 20.1 Å². The van der Waals surface area contributed by atoms with E-state index in [9.17, 15) is 0 Å². The summed E-state index contributed by atoms with van der Waals surface area (Å²) in [5.74, 6) is 0.861. The van der Waals surface area contributed by atoms with Crippen molar-refractivity contribution in [1.29, 1.82) is 0 Å². The zero-order chi connectivity index (χ0) is 15.7. The molecule has 0 saturated carbocycles. The van der Waals surface area contributed by atoms with E-state index in [-0.39, 0.29) is 12.2 Å². The number of nitrogens with one attached hydrogen (secondary N) is 2. The Hall–Kier alpha value is -1.33. The molecule has 0 saturated heterocycles. The molecule has 0 aliphatic rings. The van der Waals surface area contributed by atoms with Crippen molar-refractivity contribution in [1.82, 2.24) is 5.32 Å². The summed E-state index contributed by atoms with van der Waals surface area (Å²) in [6, 6.07) is 7.77. The van der Waals surface area contributed by atoms with E-state index < -0.39 is 0 Å². The van der Waals surface area contributed by atoms with Crippen molar-refractivity contribution in [3.05, 3.63) is 24.3 Å². The summed E-state index contributed by atoms with van der Waals surface area (Å²) in [7, 11) is 0. The summed E-state index contributed by atoms with van der Waals surface area (Å²) >= 11 is 5.25. The lowest BCUT2D eigenvalue weighted by atomic mass is 10.3. The largest absolute Gasteiger partial charge is 0.491 e. The Morgan fingerprint density at radius 1 is 1.10 bits per heavy atom. The number of benzene rings is 1. The Bertz CT molecular complexity index is 419. The van der Waals surface area contributed by atoms with E-state index in [0.29, 0.717) is 5.11 Å². The maximum Gasteiger partial charge on any atom is 0.170 e. The fourth-order valence-electron chi connectivity index (χ4n) is 1.66. The van der Waals surface area contributed by atoms with Crippen LogP contribution in [-0.2, 0) is 4.74 Å². The highest BCUT2D eigenvalue weighted by atomic mass is 32.1. The van der Waals surface area contributed by atoms with Gasteiger partial charge in [-0.1, -0.05) is 0 Å². The average Bonchev–Trinajstić information content (AvgIpc) is 2.39. The van der Waals surface area contributed by atoms with Gasteiger partial charge in [0, 0.05) is 18.8 Å². The SMILES string of the molecule is CC(C)OCCCNC(=S)Nc1ccc(OC(C)C)cc1. The molecule has 0 fully saturated rings. The molecular weight excluding hydrogens is 284 g/mol. The molecule has 0 heterocycles. The summed E-state index contributed by atoms with van der Waals surface area (Å²) in [6.45, 7) is 9.63. The minimum atomic E-state index is 0.180. The molecule has 0 atom stereocenters. The quantitative estimate of drug-likeness (QED) is 0.567. The first-order valence-corrected chi connectivity index (χ1v) is 7.81. The van der Waals surface area contributed by atoms with Crippen LogP contribution in [0, 0.1) is 0 Å². The summed E-state index contributed by atoms with van der Waals surface area (Å²) in [4.78, 5) is 0. The predicted octanol–water partition coefficient (Wildman–Crippen LogP) is 3.58. The zero-order valence-corrected chi connectivity index (χ0v) is 14.1. The second kappa shape index (κ2) is 9.58. The van der Waals surface area contributed by atoms with E-state index in [4.69, 9.17) is 21.7 Å². The van der Waals surface area contributed by atoms with Gasteiger partial charge in [0.25, 0.3) is 0 Å². The third-order valence-electron chi connectivity index (χ3n) is 2.54. The number of ether oxygens (including phenoxy) is 2. The molecule has 0 radical (unpaired) electrons. The first-order chi connectivity index (χ1) is 9.97. The van der Waals surface area contributed by atoms with Crippen LogP contribution in [0.15, 0.2) is 24.3 Å². The molecule has 5 heteroatoms. The van der Waals surface area contributed by atoms with Crippen LogP contribution in [0.2, 0.25) is 0 Å². The van der Waals surface area contributed by atoms with Crippen molar-refractivity contribution in [2.24, 2.45) is 0 Å². The van der Waals surface area contributed by atoms with E-state index in [2.05, 4.69) is 10.6 Å². The van der Waals surface area contributed by atoms with Gasteiger partial charge in [-0.05, 0) is 70.6 Å². The van der Waals surface area contributed by atoms with Crippen molar-refractivity contribution >= 4 is 23.0 Å². The molecular formula is C16H26N2O2S. The smallest absolute Gasteiger partial charge is 0.170 e. The Kier molecular flexibility index (Phi) is 8.08. The van der Waals surface area contributed by atoms with Gasteiger partial charge in [0.05, 0.1) is 12.2 Å². The lowest BCUT2D eigenvalue weighted by Gasteiger charge is -2.13. The average molecular weight is 310 g/mol. The third-order valence-corrected chi connectivity index (χ3v) is 2.79. The molecule has 2 N–H and O–H groups in total. The van der Waals surface area contributed by atoms with E-state index in [1.165, 1.54) is 0 Å². The highest BCUT2D eigenvalue weighted by Crippen LogP contribution is 2.16. The molecule has 118 valence electrons. The number of hydrogen-bond donors (Lipinski definition) is 2. The molecule has 0 amide bonds. The van der Waals surface area contributed by atoms with Crippen LogP contribution >= 0.6 is 12.2 Å². The van der Waals surface area contributed by atoms with Crippen LogP contribution < -0.4 is 15.4 Å². The fourth-order valence-corrected chi connectivity index (χ4v) is 1.88. The molecule has 1 aromatic carbocycles. The molecule has 21 heavy (non-hydrogen) atoms. The van der Waals surface area contributed by atoms with E-state index >= 15 is 0 Å². The molecule has 0 aliphatic heterocycles. The van der Waals surface area contributed by atoms with Crippen LogP contribution in [0.25, 0.3) is 0 Å². The highest BCUT2D eigenvalue weighted by Gasteiger charge is 2.00. The van der Waals surface area contributed by atoms with Crippen molar-refractivity contribution in [2.45, 2.75) is 46.3 Å². The summed E-state index contributed by atoms with van der Waals surface area (Å²) < 4.78 is 11.1. The number of rotatable bonds is 8. The molecule has 0 bridgehead atoms. The second-order valence-electron chi connectivity index (χ2n) is 5.34. The van der Waals surface area contributed by atoms with Crippen LogP contribution in [0.3, 0.4) is 0 Å². The maximum atomic E-state index is 5.60. The van der Waals surface area contributed by atoms with Crippen LogP contribution in [-0.4, -0.2) is 30.5 Å². The van der Waals surface area contributed by atoms with Crippen molar-refractivity contribution in [2.75, 3.05) is 18.5 Å². The van der Waals surface area contributed by atoms with Gasteiger partial charge in [0.2, 0.25) is 0 Å². The Labute approximate surface area is 133 Å². The minimum Gasteiger partial charge on any atom is -0.491 e. The summed E-state index contributed by atoms with van der Waals surface area (Å²) in [5.41, 5.74) is 0.946. The highest BCUT2D eigenvalue weighted by molar-refractivity contribution is 7.80. The summed E-state index contributed by atoms with van der Waals surface area (Å²) in [5, 5.41) is 6.93. The van der Waals surface area contributed by atoms with Gasteiger partial charge in [-0.15, -0.1) is 0 Å².